The van der Waals surface area contributed by atoms with Crippen molar-refractivity contribution in [2.24, 2.45) is 0 Å². The summed E-state index contributed by atoms with van der Waals surface area (Å²) >= 11 is 0. The number of rotatable bonds is 10. The molecular formula is C33H39N3O4. The molecule has 7 nitrogen and oxygen atoms in total. The second kappa shape index (κ2) is 12.1. The summed E-state index contributed by atoms with van der Waals surface area (Å²) in [5, 5.41) is 14.7. The van der Waals surface area contributed by atoms with Crippen molar-refractivity contribution in [3.05, 3.63) is 78.5 Å². The molecule has 0 spiro atoms. The summed E-state index contributed by atoms with van der Waals surface area (Å²) in [4.78, 5) is 6.78. The fraction of sp³-hybridized carbons (Fsp3) is 0.364. The maximum Gasteiger partial charge on any atom is 0.163 e. The quantitative estimate of drug-likeness (QED) is 0.226. The number of hydrogen-bond acceptors (Lipinski definition) is 7. The van der Waals surface area contributed by atoms with Crippen molar-refractivity contribution in [2.45, 2.75) is 45.1 Å². The van der Waals surface area contributed by atoms with E-state index in [1.54, 1.807) is 13.3 Å². The summed E-state index contributed by atoms with van der Waals surface area (Å²) in [6, 6.07) is 22.0. The van der Waals surface area contributed by atoms with E-state index in [4.69, 9.17) is 14.2 Å². The first-order valence-electron chi connectivity index (χ1n) is 13.9. The van der Waals surface area contributed by atoms with Crippen LogP contribution in [-0.2, 0) is 5.41 Å². The van der Waals surface area contributed by atoms with Gasteiger partial charge in [-0.2, -0.15) is 0 Å². The summed E-state index contributed by atoms with van der Waals surface area (Å²) in [5.41, 5.74) is 4.17. The van der Waals surface area contributed by atoms with E-state index in [1.165, 1.54) is 18.4 Å². The monoisotopic (exact) mass is 541 g/mol. The molecule has 1 aliphatic heterocycles. The highest BCUT2D eigenvalue weighted by molar-refractivity contribution is 5.88. The van der Waals surface area contributed by atoms with Gasteiger partial charge in [0.05, 0.1) is 12.6 Å². The third-order valence-electron chi connectivity index (χ3n) is 7.21. The number of aliphatic hydroxyl groups excluding tert-OH is 1. The highest BCUT2D eigenvalue weighted by Crippen LogP contribution is 2.37. The zero-order valence-corrected chi connectivity index (χ0v) is 23.8. The van der Waals surface area contributed by atoms with Crippen LogP contribution in [0.2, 0.25) is 0 Å². The number of fused-ring (bicyclic) bond motifs is 1. The molecule has 0 bridgehead atoms. The molecule has 210 valence electrons. The number of likely N-dealkylation sites (tertiary alicyclic amines) is 1. The van der Waals surface area contributed by atoms with E-state index < -0.39 is 6.10 Å². The van der Waals surface area contributed by atoms with Gasteiger partial charge in [0.1, 0.15) is 24.2 Å². The van der Waals surface area contributed by atoms with E-state index in [1.807, 2.05) is 42.5 Å². The van der Waals surface area contributed by atoms with Gasteiger partial charge in [0.15, 0.2) is 11.5 Å². The van der Waals surface area contributed by atoms with E-state index in [9.17, 15) is 5.11 Å². The van der Waals surface area contributed by atoms with Gasteiger partial charge in [0.25, 0.3) is 0 Å². The van der Waals surface area contributed by atoms with Crippen molar-refractivity contribution >= 4 is 22.3 Å². The Morgan fingerprint density at radius 3 is 2.23 bits per heavy atom. The maximum atomic E-state index is 10.5. The van der Waals surface area contributed by atoms with Gasteiger partial charge < -0.3 is 29.5 Å². The molecule has 2 N–H and O–H groups in total. The topological polar surface area (TPSA) is 76.1 Å². The molecule has 4 aromatic rings. The number of β-amino-alcohol motifs (C(OH)–C–C–N with tert-alkyl or cyclic N) is 1. The Labute approximate surface area is 236 Å². The number of methoxy groups -OCH3 is 1. The molecule has 5 rings (SSSR count). The molecule has 7 heteroatoms. The minimum absolute atomic E-state index is 0.128. The lowest BCUT2D eigenvalue weighted by Gasteiger charge is -2.20. The molecule has 1 unspecified atom stereocenters. The number of aliphatic hydroxyl groups is 1. The first-order valence-corrected chi connectivity index (χ1v) is 13.9. The molecule has 1 aromatic heterocycles. The average molecular weight is 542 g/mol. The van der Waals surface area contributed by atoms with Crippen LogP contribution in [0, 0.1) is 0 Å². The lowest BCUT2D eigenvalue weighted by molar-refractivity contribution is 0.0747. The summed E-state index contributed by atoms with van der Waals surface area (Å²) < 4.78 is 17.8. The third-order valence-corrected chi connectivity index (χ3v) is 7.21. The molecule has 1 atom stereocenters. The number of aromatic nitrogens is 1. The zero-order chi connectivity index (χ0) is 28.1. The van der Waals surface area contributed by atoms with Gasteiger partial charge >= 0.3 is 0 Å². The lowest BCUT2D eigenvalue weighted by atomic mass is 9.87. The fourth-order valence-electron chi connectivity index (χ4n) is 4.95. The Hall–Kier alpha value is -3.81. The Balaban J connectivity index is 1.26. The molecule has 1 aliphatic rings. The largest absolute Gasteiger partial charge is 0.493 e. The molecule has 0 radical (unpaired) electrons. The van der Waals surface area contributed by atoms with Crippen molar-refractivity contribution in [1.29, 1.82) is 0 Å². The molecule has 2 heterocycles. The molecule has 1 fully saturated rings. The molecule has 1 saturated heterocycles. The van der Waals surface area contributed by atoms with Crippen LogP contribution in [0.25, 0.3) is 10.9 Å². The Kier molecular flexibility index (Phi) is 8.43. The number of ether oxygens (including phenoxy) is 3. The number of hydrogen-bond donors (Lipinski definition) is 2. The van der Waals surface area contributed by atoms with Crippen LogP contribution in [0.5, 0.6) is 23.0 Å². The van der Waals surface area contributed by atoms with Crippen LogP contribution in [0.3, 0.4) is 0 Å². The van der Waals surface area contributed by atoms with Gasteiger partial charge in [-0.25, -0.2) is 0 Å². The number of anilines is 2. The molecule has 40 heavy (non-hydrogen) atoms. The standard InChI is InChI=1S/C33H39N3O4/c1-33(2,3)23-7-9-24(10-8-23)35-25-11-13-27(14-12-25)40-30-15-16-34-29-20-32(31(38-4)19-28(29)30)39-22-26(37)21-36-17-5-6-18-36/h7-16,19-20,26,35,37H,5-6,17-18,21-22H2,1-4H3. The first-order chi connectivity index (χ1) is 19.3. The Bertz CT molecular complexity index is 1410. The highest BCUT2D eigenvalue weighted by atomic mass is 16.5. The number of benzene rings is 3. The average Bonchev–Trinajstić information content (AvgIpc) is 3.45. The Morgan fingerprint density at radius 1 is 0.900 bits per heavy atom. The van der Waals surface area contributed by atoms with E-state index in [-0.39, 0.29) is 12.0 Å². The number of pyridine rings is 1. The van der Waals surface area contributed by atoms with Crippen LogP contribution >= 0.6 is 0 Å². The van der Waals surface area contributed by atoms with Gasteiger partial charge in [-0.05, 0) is 85.4 Å². The van der Waals surface area contributed by atoms with E-state index in [0.29, 0.717) is 29.5 Å². The van der Waals surface area contributed by atoms with Gasteiger partial charge in [0, 0.05) is 35.6 Å². The second-order valence-corrected chi connectivity index (χ2v) is 11.4. The third kappa shape index (κ3) is 6.84. The van der Waals surface area contributed by atoms with Crippen LogP contribution in [0.4, 0.5) is 11.4 Å². The van der Waals surface area contributed by atoms with Crippen molar-refractivity contribution in [3.8, 4) is 23.0 Å². The van der Waals surface area contributed by atoms with E-state index >= 15 is 0 Å². The van der Waals surface area contributed by atoms with Crippen molar-refractivity contribution in [2.75, 3.05) is 38.7 Å². The normalized spacial score (nSPS) is 14.7. The second-order valence-electron chi connectivity index (χ2n) is 11.4. The predicted molar refractivity (Wildman–Crippen MR) is 160 cm³/mol. The van der Waals surface area contributed by atoms with Gasteiger partial charge in [-0.3, -0.25) is 4.98 Å². The van der Waals surface area contributed by atoms with Crippen LogP contribution in [0.1, 0.15) is 39.2 Å². The molecule has 0 saturated carbocycles. The fourth-order valence-corrected chi connectivity index (χ4v) is 4.95. The van der Waals surface area contributed by atoms with Crippen molar-refractivity contribution < 1.29 is 19.3 Å². The van der Waals surface area contributed by atoms with Crippen LogP contribution in [-0.4, -0.2) is 54.4 Å². The highest BCUT2D eigenvalue weighted by Gasteiger charge is 2.18. The zero-order valence-electron chi connectivity index (χ0n) is 23.8. The number of nitrogens with one attached hydrogen (secondary N) is 1. The summed E-state index contributed by atoms with van der Waals surface area (Å²) in [6.07, 6.45) is 3.53. The number of nitrogens with zero attached hydrogens (tertiary/aromatic N) is 2. The molecular weight excluding hydrogens is 502 g/mol. The van der Waals surface area contributed by atoms with Crippen molar-refractivity contribution in [1.82, 2.24) is 9.88 Å². The van der Waals surface area contributed by atoms with Crippen molar-refractivity contribution in [3.63, 3.8) is 0 Å². The van der Waals surface area contributed by atoms with Crippen LogP contribution < -0.4 is 19.5 Å². The SMILES string of the molecule is COc1cc2c(Oc3ccc(Nc4ccc(C(C)(C)C)cc4)cc3)ccnc2cc1OCC(O)CN1CCCC1. The Morgan fingerprint density at radius 2 is 1.57 bits per heavy atom. The summed E-state index contributed by atoms with van der Waals surface area (Å²) in [6.45, 7) is 9.52. The van der Waals surface area contributed by atoms with Crippen LogP contribution in [0.15, 0.2) is 72.9 Å². The van der Waals surface area contributed by atoms with E-state index in [0.717, 1.165) is 35.4 Å². The molecule has 0 aliphatic carbocycles. The predicted octanol–water partition coefficient (Wildman–Crippen LogP) is 6.91. The van der Waals surface area contributed by atoms with Gasteiger partial charge in [-0.15, -0.1) is 0 Å². The van der Waals surface area contributed by atoms with Gasteiger partial charge in [-0.1, -0.05) is 32.9 Å². The van der Waals surface area contributed by atoms with E-state index in [2.05, 4.69) is 60.2 Å². The first kappa shape index (κ1) is 27.7. The molecule has 0 amide bonds. The molecule has 3 aromatic carbocycles. The minimum Gasteiger partial charge on any atom is -0.493 e. The minimum atomic E-state index is -0.568. The summed E-state index contributed by atoms with van der Waals surface area (Å²) in [5.74, 6) is 2.50. The maximum absolute atomic E-state index is 10.5. The van der Waals surface area contributed by atoms with Gasteiger partial charge in [0.2, 0.25) is 0 Å². The lowest BCUT2D eigenvalue weighted by Crippen LogP contribution is -2.33. The smallest absolute Gasteiger partial charge is 0.163 e. The summed E-state index contributed by atoms with van der Waals surface area (Å²) in [7, 11) is 1.61.